The number of nitrogens with one attached hydrogen (secondary N) is 1. The molecule has 168 valence electrons. The van der Waals surface area contributed by atoms with E-state index < -0.39 is 0 Å². The van der Waals surface area contributed by atoms with Gasteiger partial charge in [0.05, 0.1) is 13.7 Å². The summed E-state index contributed by atoms with van der Waals surface area (Å²) < 4.78 is 11.2. The van der Waals surface area contributed by atoms with Crippen molar-refractivity contribution in [2.24, 2.45) is 0 Å². The summed E-state index contributed by atoms with van der Waals surface area (Å²) in [6, 6.07) is 31.9. The monoisotopic (exact) mass is 440 g/mol. The molecule has 3 aromatic carbocycles. The van der Waals surface area contributed by atoms with Gasteiger partial charge in [0, 0.05) is 19.6 Å². The fourth-order valence-electron chi connectivity index (χ4n) is 3.67. The van der Waals surface area contributed by atoms with Crippen molar-refractivity contribution in [1.82, 2.24) is 10.2 Å². The van der Waals surface area contributed by atoms with Crippen LogP contribution in [0.2, 0.25) is 0 Å². The highest BCUT2D eigenvalue weighted by Gasteiger charge is 2.15. The lowest BCUT2D eigenvalue weighted by atomic mass is 10.1. The Balaban J connectivity index is 1.42. The van der Waals surface area contributed by atoms with Crippen LogP contribution in [0, 0.1) is 0 Å². The number of ether oxygens (including phenoxy) is 1. The van der Waals surface area contributed by atoms with Crippen molar-refractivity contribution in [1.29, 1.82) is 0 Å². The third kappa shape index (κ3) is 6.57. The quantitative estimate of drug-likeness (QED) is 0.358. The summed E-state index contributed by atoms with van der Waals surface area (Å²) in [7, 11) is 1.67. The molecule has 0 fully saturated rings. The van der Waals surface area contributed by atoms with Gasteiger partial charge < -0.3 is 14.5 Å². The highest BCUT2D eigenvalue weighted by Crippen LogP contribution is 2.18. The van der Waals surface area contributed by atoms with Gasteiger partial charge in [-0.25, -0.2) is 0 Å². The fourth-order valence-corrected chi connectivity index (χ4v) is 3.67. The van der Waals surface area contributed by atoms with Crippen molar-refractivity contribution in [3.63, 3.8) is 0 Å². The van der Waals surface area contributed by atoms with Gasteiger partial charge in [-0.05, 0) is 41.0 Å². The minimum atomic E-state index is -0.213. The van der Waals surface area contributed by atoms with E-state index in [0.29, 0.717) is 18.8 Å². The Kier molecular flexibility index (Phi) is 7.56. The highest BCUT2D eigenvalue weighted by atomic mass is 16.5. The van der Waals surface area contributed by atoms with Crippen molar-refractivity contribution in [2.45, 2.75) is 26.2 Å². The molecule has 33 heavy (non-hydrogen) atoms. The second-order valence-corrected chi connectivity index (χ2v) is 7.91. The number of rotatable bonds is 10. The summed E-state index contributed by atoms with van der Waals surface area (Å²) in [5, 5.41) is 2.91. The van der Waals surface area contributed by atoms with Gasteiger partial charge in [-0.2, -0.15) is 0 Å². The predicted molar refractivity (Wildman–Crippen MR) is 129 cm³/mol. The van der Waals surface area contributed by atoms with Crippen LogP contribution in [-0.2, 0) is 26.2 Å². The molecular formula is C28H28N2O3. The standard InChI is InChI=1S/C28H28N2O3/c1-32-25-14-12-24(13-15-25)20-30(19-23-10-6-3-7-11-23)21-26-16-17-27(33-26)28(31)29-18-22-8-4-2-5-9-22/h2-17H,18-21H2,1H3,(H,29,31). The zero-order valence-corrected chi connectivity index (χ0v) is 18.7. The summed E-state index contributed by atoms with van der Waals surface area (Å²) in [4.78, 5) is 14.8. The van der Waals surface area contributed by atoms with Crippen molar-refractivity contribution in [2.75, 3.05) is 7.11 Å². The third-order valence-corrected chi connectivity index (χ3v) is 5.38. The number of hydrogen-bond acceptors (Lipinski definition) is 4. The Morgan fingerprint density at radius 1 is 0.758 bits per heavy atom. The molecule has 1 amide bonds. The zero-order chi connectivity index (χ0) is 22.9. The summed E-state index contributed by atoms with van der Waals surface area (Å²) >= 11 is 0. The van der Waals surface area contributed by atoms with E-state index in [1.165, 1.54) is 11.1 Å². The fraction of sp³-hybridized carbons (Fsp3) is 0.179. The first kappa shape index (κ1) is 22.4. The smallest absolute Gasteiger partial charge is 0.287 e. The maximum absolute atomic E-state index is 12.5. The lowest BCUT2D eigenvalue weighted by Crippen LogP contribution is -2.23. The molecule has 5 heteroatoms. The van der Waals surface area contributed by atoms with Crippen molar-refractivity contribution in [3.8, 4) is 5.75 Å². The molecule has 0 aliphatic heterocycles. The minimum Gasteiger partial charge on any atom is -0.497 e. The first-order valence-electron chi connectivity index (χ1n) is 11.0. The Morgan fingerprint density at radius 3 is 2.00 bits per heavy atom. The topological polar surface area (TPSA) is 54.7 Å². The Hall–Kier alpha value is -3.83. The number of carbonyl (C=O) groups is 1. The van der Waals surface area contributed by atoms with E-state index >= 15 is 0 Å². The summed E-state index contributed by atoms with van der Waals surface area (Å²) in [5.41, 5.74) is 3.45. The van der Waals surface area contributed by atoms with Gasteiger partial charge in [0.2, 0.25) is 0 Å². The maximum Gasteiger partial charge on any atom is 0.287 e. The Morgan fingerprint density at radius 2 is 1.36 bits per heavy atom. The van der Waals surface area contributed by atoms with Gasteiger partial charge in [0.25, 0.3) is 5.91 Å². The van der Waals surface area contributed by atoms with Gasteiger partial charge >= 0.3 is 0 Å². The van der Waals surface area contributed by atoms with Crippen molar-refractivity contribution in [3.05, 3.63) is 125 Å². The maximum atomic E-state index is 12.5. The van der Waals surface area contributed by atoms with E-state index in [9.17, 15) is 4.79 Å². The van der Waals surface area contributed by atoms with Gasteiger partial charge in [-0.3, -0.25) is 9.69 Å². The minimum absolute atomic E-state index is 0.213. The predicted octanol–water partition coefficient (Wildman–Crippen LogP) is 5.42. The summed E-state index contributed by atoms with van der Waals surface area (Å²) in [6.45, 7) is 2.57. The number of furan rings is 1. The van der Waals surface area contributed by atoms with Gasteiger partial charge in [-0.1, -0.05) is 72.8 Å². The molecule has 0 aliphatic rings. The molecule has 1 aromatic heterocycles. The molecular weight excluding hydrogens is 412 g/mol. The van der Waals surface area contributed by atoms with Crippen LogP contribution >= 0.6 is 0 Å². The van der Waals surface area contributed by atoms with Crippen molar-refractivity contribution < 1.29 is 13.9 Å². The van der Waals surface area contributed by atoms with Crippen LogP contribution in [0.15, 0.2) is 101 Å². The molecule has 0 bridgehead atoms. The lowest BCUT2D eigenvalue weighted by molar-refractivity contribution is 0.0918. The van der Waals surface area contributed by atoms with Crippen molar-refractivity contribution >= 4 is 5.91 Å². The molecule has 4 rings (SSSR count). The Labute approximate surface area is 194 Å². The van der Waals surface area contributed by atoms with Crippen LogP contribution in [0.25, 0.3) is 0 Å². The molecule has 0 saturated carbocycles. The lowest BCUT2D eigenvalue weighted by Gasteiger charge is -2.21. The molecule has 0 unspecified atom stereocenters. The summed E-state index contributed by atoms with van der Waals surface area (Å²) in [5.74, 6) is 1.70. The number of nitrogens with zero attached hydrogens (tertiary/aromatic N) is 1. The molecule has 0 aliphatic carbocycles. The molecule has 0 spiro atoms. The van der Waals surface area contributed by atoms with E-state index in [0.717, 1.165) is 30.2 Å². The number of amides is 1. The number of methoxy groups -OCH3 is 1. The van der Waals surface area contributed by atoms with Crippen LogP contribution in [0.3, 0.4) is 0 Å². The third-order valence-electron chi connectivity index (χ3n) is 5.38. The van der Waals surface area contributed by atoms with Crippen LogP contribution in [-0.4, -0.2) is 17.9 Å². The first-order valence-corrected chi connectivity index (χ1v) is 11.0. The second kappa shape index (κ2) is 11.2. The van der Waals surface area contributed by atoms with Crippen LogP contribution in [0.1, 0.15) is 33.0 Å². The average Bonchev–Trinajstić information content (AvgIpc) is 3.33. The molecule has 0 atom stereocenters. The normalized spacial score (nSPS) is 10.8. The van der Waals surface area contributed by atoms with E-state index in [1.807, 2.05) is 66.7 Å². The molecule has 0 saturated heterocycles. The second-order valence-electron chi connectivity index (χ2n) is 7.91. The number of carbonyl (C=O) groups excluding carboxylic acids is 1. The SMILES string of the molecule is COc1ccc(CN(Cc2ccccc2)Cc2ccc(C(=O)NCc3ccccc3)o2)cc1. The molecule has 0 radical (unpaired) electrons. The van der Waals surface area contributed by atoms with Gasteiger partial charge in [-0.15, -0.1) is 0 Å². The molecule has 1 heterocycles. The first-order chi connectivity index (χ1) is 16.2. The van der Waals surface area contributed by atoms with E-state index in [-0.39, 0.29) is 5.91 Å². The van der Waals surface area contributed by atoms with E-state index in [4.69, 9.17) is 9.15 Å². The molecule has 1 N–H and O–H groups in total. The zero-order valence-electron chi connectivity index (χ0n) is 18.7. The van der Waals surface area contributed by atoms with Gasteiger partial charge in [0.15, 0.2) is 5.76 Å². The highest BCUT2D eigenvalue weighted by molar-refractivity contribution is 5.91. The average molecular weight is 441 g/mol. The molecule has 4 aromatic rings. The van der Waals surface area contributed by atoms with E-state index in [2.05, 4.69) is 34.5 Å². The van der Waals surface area contributed by atoms with E-state index in [1.54, 1.807) is 13.2 Å². The summed E-state index contributed by atoms with van der Waals surface area (Å²) in [6.07, 6.45) is 0. The van der Waals surface area contributed by atoms with Crippen LogP contribution in [0.4, 0.5) is 0 Å². The van der Waals surface area contributed by atoms with Crippen LogP contribution < -0.4 is 10.1 Å². The molecule has 5 nitrogen and oxygen atoms in total. The largest absolute Gasteiger partial charge is 0.497 e. The number of benzene rings is 3. The van der Waals surface area contributed by atoms with Gasteiger partial charge in [0.1, 0.15) is 11.5 Å². The Bertz CT molecular complexity index is 1140. The van der Waals surface area contributed by atoms with Crippen LogP contribution in [0.5, 0.6) is 5.75 Å². The number of hydrogen-bond donors (Lipinski definition) is 1.